The van der Waals surface area contributed by atoms with Crippen LogP contribution in [-0.4, -0.2) is 16.4 Å². The maximum atomic E-state index is 12.3. The quantitative estimate of drug-likeness (QED) is 0.855. The first-order chi connectivity index (χ1) is 10.8. The fraction of sp³-hybridized carbons (Fsp3) is 0.333. The molecule has 2 rings (SSSR count). The van der Waals surface area contributed by atoms with Crippen molar-refractivity contribution in [3.8, 4) is 0 Å². The molecule has 0 saturated carbocycles. The second-order valence-electron chi connectivity index (χ2n) is 6.02. The number of aryl methyl sites for hydroxylation is 2. The van der Waals surface area contributed by atoms with Crippen LogP contribution in [0.2, 0.25) is 0 Å². The molecule has 0 spiro atoms. The first-order valence-corrected chi connectivity index (χ1v) is 7.67. The number of rotatable bonds is 3. The number of nitrogens with one attached hydrogen (secondary N) is 2. The number of nitrogens with zero attached hydrogens (tertiary/aromatic N) is 1. The molecule has 1 heterocycles. The highest BCUT2D eigenvalue weighted by atomic mass is 16.2. The van der Waals surface area contributed by atoms with Crippen LogP contribution in [0.4, 0.5) is 0 Å². The summed E-state index contributed by atoms with van der Waals surface area (Å²) in [4.78, 5) is 24.3. The van der Waals surface area contributed by atoms with Crippen molar-refractivity contribution in [2.75, 3.05) is 0 Å². The van der Waals surface area contributed by atoms with Crippen molar-refractivity contribution < 1.29 is 9.59 Å². The fourth-order valence-corrected chi connectivity index (χ4v) is 2.76. The lowest BCUT2D eigenvalue weighted by Crippen LogP contribution is -2.41. The SMILES string of the molecule is Cc1ccc(C(=O)NNC(=O)c2cc(C)n(C(C)C)c2C)cc1. The minimum absolute atomic E-state index is 0.277. The first-order valence-electron chi connectivity index (χ1n) is 7.67. The molecular weight excluding hydrogens is 290 g/mol. The van der Waals surface area contributed by atoms with Crippen molar-refractivity contribution in [3.63, 3.8) is 0 Å². The number of aromatic nitrogens is 1. The first kappa shape index (κ1) is 16.8. The van der Waals surface area contributed by atoms with Crippen molar-refractivity contribution >= 4 is 11.8 Å². The topological polar surface area (TPSA) is 63.1 Å². The summed E-state index contributed by atoms with van der Waals surface area (Å²) < 4.78 is 2.09. The van der Waals surface area contributed by atoms with Gasteiger partial charge in [0.15, 0.2) is 0 Å². The zero-order chi connectivity index (χ0) is 17.1. The van der Waals surface area contributed by atoms with Gasteiger partial charge in [-0.1, -0.05) is 17.7 Å². The van der Waals surface area contributed by atoms with Crippen molar-refractivity contribution in [1.82, 2.24) is 15.4 Å². The number of carbonyl (C=O) groups excluding carboxylic acids is 2. The van der Waals surface area contributed by atoms with Gasteiger partial charge in [-0.25, -0.2) is 0 Å². The van der Waals surface area contributed by atoms with Gasteiger partial charge in [-0.2, -0.15) is 0 Å². The molecule has 0 unspecified atom stereocenters. The van der Waals surface area contributed by atoms with Gasteiger partial charge >= 0.3 is 0 Å². The second kappa shape index (κ2) is 6.69. The Bertz CT molecular complexity index is 727. The van der Waals surface area contributed by atoms with Gasteiger partial charge in [-0.05, 0) is 52.8 Å². The Labute approximate surface area is 136 Å². The minimum atomic E-state index is -0.337. The molecule has 1 aromatic carbocycles. The lowest BCUT2D eigenvalue weighted by Gasteiger charge is -2.13. The van der Waals surface area contributed by atoms with Gasteiger partial charge in [0.25, 0.3) is 11.8 Å². The van der Waals surface area contributed by atoms with Crippen LogP contribution in [0.25, 0.3) is 0 Å². The summed E-state index contributed by atoms with van der Waals surface area (Å²) in [5.41, 5.74) is 8.99. The summed E-state index contributed by atoms with van der Waals surface area (Å²) in [5.74, 6) is -0.651. The highest BCUT2D eigenvalue weighted by Crippen LogP contribution is 2.19. The summed E-state index contributed by atoms with van der Waals surface area (Å²) in [7, 11) is 0. The molecule has 0 atom stereocenters. The lowest BCUT2D eigenvalue weighted by molar-refractivity contribution is 0.0846. The van der Waals surface area contributed by atoms with Gasteiger partial charge < -0.3 is 4.57 Å². The van der Waals surface area contributed by atoms with Crippen LogP contribution in [0.3, 0.4) is 0 Å². The van der Waals surface area contributed by atoms with Crippen LogP contribution in [0.1, 0.15) is 57.6 Å². The molecule has 0 fully saturated rings. The smallest absolute Gasteiger partial charge is 0.271 e. The molecular formula is C18H23N3O2. The summed E-state index contributed by atoms with van der Waals surface area (Å²) in [5, 5.41) is 0. The third-order valence-corrected chi connectivity index (χ3v) is 3.85. The third-order valence-electron chi connectivity index (χ3n) is 3.85. The van der Waals surface area contributed by atoms with Gasteiger partial charge in [0, 0.05) is 23.0 Å². The van der Waals surface area contributed by atoms with Crippen LogP contribution >= 0.6 is 0 Å². The van der Waals surface area contributed by atoms with Crippen molar-refractivity contribution in [1.29, 1.82) is 0 Å². The Balaban J connectivity index is 2.07. The van der Waals surface area contributed by atoms with Gasteiger partial charge in [-0.15, -0.1) is 0 Å². The van der Waals surface area contributed by atoms with Gasteiger partial charge in [-0.3, -0.25) is 20.4 Å². The fourth-order valence-electron chi connectivity index (χ4n) is 2.76. The second-order valence-corrected chi connectivity index (χ2v) is 6.02. The minimum Gasteiger partial charge on any atom is -0.346 e. The highest BCUT2D eigenvalue weighted by Gasteiger charge is 2.17. The molecule has 5 heteroatoms. The average molecular weight is 313 g/mol. The van der Waals surface area contributed by atoms with Gasteiger partial charge in [0.1, 0.15) is 0 Å². The number of hydrogen-bond donors (Lipinski definition) is 2. The molecule has 2 amide bonds. The van der Waals surface area contributed by atoms with E-state index < -0.39 is 0 Å². The molecule has 0 aliphatic rings. The van der Waals surface area contributed by atoms with Crippen molar-refractivity contribution in [2.45, 2.75) is 40.7 Å². The Kier molecular flexibility index (Phi) is 4.89. The third kappa shape index (κ3) is 3.62. The van der Waals surface area contributed by atoms with Crippen LogP contribution in [0.15, 0.2) is 30.3 Å². The number of hydrogen-bond acceptors (Lipinski definition) is 2. The van der Waals surface area contributed by atoms with E-state index in [2.05, 4.69) is 29.3 Å². The average Bonchev–Trinajstić information content (AvgIpc) is 2.80. The molecule has 0 radical (unpaired) electrons. The van der Waals surface area contributed by atoms with Crippen LogP contribution in [-0.2, 0) is 0 Å². The summed E-state index contributed by atoms with van der Waals surface area (Å²) in [6, 6.07) is 9.27. The number of amides is 2. The van der Waals surface area contributed by atoms with E-state index in [0.29, 0.717) is 11.1 Å². The number of benzene rings is 1. The molecule has 122 valence electrons. The Morgan fingerprint density at radius 2 is 1.52 bits per heavy atom. The van der Waals surface area contributed by atoms with Crippen LogP contribution in [0, 0.1) is 20.8 Å². The zero-order valence-electron chi connectivity index (χ0n) is 14.2. The molecule has 1 aromatic heterocycles. The molecule has 0 aliphatic heterocycles. The largest absolute Gasteiger partial charge is 0.346 e. The molecule has 2 aromatic rings. The molecule has 0 aliphatic carbocycles. The van der Waals surface area contributed by atoms with Crippen molar-refractivity contribution in [2.24, 2.45) is 0 Å². The maximum Gasteiger partial charge on any atom is 0.271 e. The van der Waals surface area contributed by atoms with Gasteiger partial charge in [0.05, 0.1) is 5.56 Å². The lowest BCUT2D eigenvalue weighted by atomic mass is 10.1. The molecule has 2 N–H and O–H groups in total. The van der Waals surface area contributed by atoms with E-state index in [1.54, 1.807) is 12.1 Å². The zero-order valence-corrected chi connectivity index (χ0v) is 14.2. The normalized spacial score (nSPS) is 10.7. The monoisotopic (exact) mass is 313 g/mol. The Hall–Kier alpha value is -2.56. The number of hydrazine groups is 1. The van der Waals surface area contributed by atoms with E-state index in [-0.39, 0.29) is 17.9 Å². The van der Waals surface area contributed by atoms with E-state index in [4.69, 9.17) is 0 Å². The van der Waals surface area contributed by atoms with E-state index in [1.807, 2.05) is 39.0 Å². The number of carbonyl (C=O) groups is 2. The predicted molar refractivity (Wildman–Crippen MR) is 90.4 cm³/mol. The Morgan fingerprint density at radius 3 is 2.04 bits per heavy atom. The Morgan fingerprint density at radius 1 is 0.957 bits per heavy atom. The van der Waals surface area contributed by atoms with Crippen molar-refractivity contribution in [3.05, 3.63) is 58.4 Å². The van der Waals surface area contributed by atoms with E-state index >= 15 is 0 Å². The summed E-state index contributed by atoms with van der Waals surface area (Å²) in [6.45, 7) is 9.97. The summed E-state index contributed by atoms with van der Waals surface area (Å²) in [6.07, 6.45) is 0. The van der Waals surface area contributed by atoms with Crippen LogP contribution in [0.5, 0.6) is 0 Å². The van der Waals surface area contributed by atoms with Crippen LogP contribution < -0.4 is 10.9 Å². The van der Waals surface area contributed by atoms with Gasteiger partial charge in [0.2, 0.25) is 0 Å². The van der Waals surface area contributed by atoms with E-state index in [9.17, 15) is 9.59 Å². The predicted octanol–water partition coefficient (Wildman–Crippen LogP) is 3.07. The van der Waals surface area contributed by atoms with E-state index in [1.165, 1.54) is 0 Å². The summed E-state index contributed by atoms with van der Waals surface area (Å²) >= 11 is 0. The maximum absolute atomic E-state index is 12.3. The standard InChI is InChI=1S/C18H23N3O2/c1-11(2)21-13(4)10-16(14(21)5)18(23)20-19-17(22)15-8-6-12(3)7-9-15/h6-11H,1-5H3,(H,19,22)(H,20,23). The molecule has 0 saturated heterocycles. The molecule has 23 heavy (non-hydrogen) atoms. The molecule has 5 nitrogen and oxygen atoms in total. The van der Waals surface area contributed by atoms with E-state index in [0.717, 1.165) is 17.0 Å². The highest BCUT2D eigenvalue weighted by molar-refractivity contribution is 5.99. The molecule has 0 bridgehead atoms.